The first-order valence-corrected chi connectivity index (χ1v) is 10.8. The molecule has 0 bridgehead atoms. The highest BCUT2D eigenvalue weighted by atomic mass is 32.1. The van der Waals surface area contributed by atoms with Gasteiger partial charge in [0.25, 0.3) is 5.91 Å². The molecule has 5 rings (SSSR count). The number of hydrogen-bond acceptors (Lipinski definition) is 7. The molecule has 1 saturated heterocycles. The van der Waals surface area contributed by atoms with E-state index >= 15 is 0 Å². The Hall–Kier alpha value is -2.94. The number of nitrogens with zero attached hydrogens (tertiary/aromatic N) is 5. The van der Waals surface area contributed by atoms with E-state index in [9.17, 15) is 4.79 Å². The Kier molecular flexibility index (Phi) is 5.35. The average molecular weight is 420 g/mol. The Bertz CT molecular complexity index is 1160. The maximum absolute atomic E-state index is 13.5. The number of carbonyl (C=O) groups excluding carboxylic acids is 1. The summed E-state index contributed by atoms with van der Waals surface area (Å²) in [6.07, 6.45) is 1.56. The van der Waals surface area contributed by atoms with Crippen LogP contribution in [0.1, 0.15) is 10.5 Å². The van der Waals surface area contributed by atoms with Crippen molar-refractivity contribution in [2.45, 2.75) is 0 Å². The minimum atomic E-state index is -0.180. The number of anilines is 1. The van der Waals surface area contributed by atoms with Crippen molar-refractivity contribution in [1.29, 1.82) is 0 Å². The smallest absolute Gasteiger partial charge is 0.280 e. The molecule has 0 spiro atoms. The summed E-state index contributed by atoms with van der Waals surface area (Å²) >= 11 is 1.52. The summed E-state index contributed by atoms with van der Waals surface area (Å²) in [7, 11) is 0. The van der Waals surface area contributed by atoms with Gasteiger partial charge in [0.1, 0.15) is 5.69 Å². The maximum Gasteiger partial charge on any atom is 0.280 e. The van der Waals surface area contributed by atoms with Crippen LogP contribution in [0.4, 0.5) is 5.13 Å². The summed E-state index contributed by atoms with van der Waals surface area (Å²) in [6, 6.07) is 15.5. The highest BCUT2D eigenvalue weighted by Gasteiger charge is 2.24. The molecule has 2 aromatic heterocycles. The van der Waals surface area contributed by atoms with Gasteiger partial charge in [-0.25, -0.2) is 9.97 Å². The second-order valence-corrected chi connectivity index (χ2v) is 8.13. The highest BCUT2D eigenvalue weighted by Crippen LogP contribution is 2.29. The summed E-state index contributed by atoms with van der Waals surface area (Å²) in [5.74, 6) is -0.180. The van der Waals surface area contributed by atoms with Crippen molar-refractivity contribution in [1.82, 2.24) is 19.9 Å². The fourth-order valence-corrected chi connectivity index (χ4v) is 4.51. The minimum absolute atomic E-state index is 0.180. The van der Waals surface area contributed by atoms with Gasteiger partial charge in [-0.05, 0) is 24.3 Å². The molecule has 2 aromatic carbocycles. The topological polar surface area (TPSA) is 71.5 Å². The molecule has 0 N–H and O–H groups in total. The third-order valence-corrected chi connectivity index (χ3v) is 6.23. The first kappa shape index (κ1) is 19.0. The number of rotatable bonds is 5. The molecule has 0 radical (unpaired) electrons. The molecule has 152 valence electrons. The zero-order chi connectivity index (χ0) is 20.3. The molecule has 1 aliphatic heterocycles. The van der Waals surface area contributed by atoms with Crippen molar-refractivity contribution in [2.75, 3.05) is 44.3 Å². The molecule has 8 heteroatoms. The zero-order valence-corrected chi connectivity index (χ0v) is 17.2. The maximum atomic E-state index is 13.5. The number of amides is 1. The molecule has 1 fully saturated rings. The molecule has 1 amide bonds. The van der Waals surface area contributed by atoms with Gasteiger partial charge >= 0.3 is 0 Å². The molecule has 0 saturated carbocycles. The summed E-state index contributed by atoms with van der Waals surface area (Å²) in [5.41, 5.74) is 2.70. The van der Waals surface area contributed by atoms with Crippen molar-refractivity contribution in [3.8, 4) is 0 Å². The van der Waals surface area contributed by atoms with Crippen LogP contribution in [-0.4, -0.2) is 65.2 Å². The van der Waals surface area contributed by atoms with Crippen LogP contribution in [0.3, 0.4) is 0 Å². The van der Waals surface area contributed by atoms with Gasteiger partial charge < -0.3 is 4.74 Å². The first-order valence-electron chi connectivity index (χ1n) is 9.97. The van der Waals surface area contributed by atoms with Gasteiger partial charge in [-0.3, -0.25) is 19.6 Å². The van der Waals surface area contributed by atoms with Crippen LogP contribution in [0, 0.1) is 0 Å². The summed E-state index contributed by atoms with van der Waals surface area (Å²) in [6.45, 7) is 4.49. The molecule has 30 heavy (non-hydrogen) atoms. The number of fused-ring (bicyclic) bond motifs is 2. The number of morpholine rings is 1. The van der Waals surface area contributed by atoms with E-state index in [1.165, 1.54) is 11.3 Å². The third-order valence-electron chi connectivity index (χ3n) is 5.17. The lowest BCUT2D eigenvalue weighted by molar-refractivity contribution is 0.0391. The van der Waals surface area contributed by atoms with Crippen LogP contribution in [0.2, 0.25) is 0 Å². The van der Waals surface area contributed by atoms with Gasteiger partial charge in [0.05, 0.1) is 40.7 Å². The van der Waals surface area contributed by atoms with Crippen molar-refractivity contribution in [3.63, 3.8) is 0 Å². The van der Waals surface area contributed by atoms with E-state index in [0.717, 1.165) is 48.6 Å². The molecule has 0 aliphatic carbocycles. The third kappa shape index (κ3) is 3.89. The van der Waals surface area contributed by atoms with Crippen LogP contribution in [-0.2, 0) is 4.74 Å². The Morgan fingerprint density at radius 1 is 1.00 bits per heavy atom. The van der Waals surface area contributed by atoms with Gasteiger partial charge in [0, 0.05) is 26.2 Å². The van der Waals surface area contributed by atoms with Crippen LogP contribution in [0.5, 0.6) is 0 Å². The second kappa shape index (κ2) is 8.43. The lowest BCUT2D eigenvalue weighted by atomic mass is 10.3. The lowest BCUT2D eigenvalue weighted by Crippen LogP contribution is -2.43. The van der Waals surface area contributed by atoms with Crippen molar-refractivity contribution >= 4 is 43.6 Å². The molecule has 4 aromatic rings. The molecule has 0 unspecified atom stereocenters. The molecule has 3 heterocycles. The summed E-state index contributed by atoms with van der Waals surface area (Å²) < 4.78 is 6.49. The minimum Gasteiger partial charge on any atom is -0.379 e. The van der Waals surface area contributed by atoms with Crippen LogP contribution in [0.25, 0.3) is 21.3 Å². The average Bonchev–Trinajstić information content (AvgIpc) is 3.23. The van der Waals surface area contributed by atoms with Crippen LogP contribution >= 0.6 is 11.3 Å². The van der Waals surface area contributed by atoms with Crippen LogP contribution < -0.4 is 4.90 Å². The van der Waals surface area contributed by atoms with Crippen molar-refractivity contribution in [2.24, 2.45) is 0 Å². The monoisotopic (exact) mass is 419 g/mol. The normalized spacial score (nSPS) is 14.9. The summed E-state index contributed by atoms with van der Waals surface area (Å²) in [5, 5.41) is 0.685. The Labute approximate surface area is 177 Å². The number of aromatic nitrogens is 3. The standard InChI is InChI=1S/C22H21N5O2S/c28-21(19-15-23-16-5-1-2-6-17(16)24-19)27(10-9-26-11-13-29-14-12-26)22-25-18-7-3-4-8-20(18)30-22/h1-8,15H,9-14H2. The Morgan fingerprint density at radius 3 is 2.53 bits per heavy atom. The lowest BCUT2D eigenvalue weighted by Gasteiger charge is -2.29. The predicted molar refractivity (Wildman–Crippen MR) is 118 cm³/mol. The molecule has 0 atom stereocenters. The van der Waals surface area contributed by atoms with Gasteiger partial charge in [-0.15, -0.1) is 0 Å². The molecule has 7 nitrogen and oxygen atoms in total. The first-order chi connectivity index (χ1) is 14.8. The number of carbonyl (C=O) groups is 1. The quantitative estimate of drug-likeness (QED) is 0.495. The molecule has 1 aliphatic rings. The number of thiazole rings is 1. The van der Waals surface area contributed by atoms with Crippen LogP contribution in [0.15, 0.2) is 54.7 Å². The van der Waals surface area contributed by atoms with Gasteiger partial charge in [-0.2, -0.15) is 0 Å². The second-order valence-electron chi connectivity index (χ2n) is 7.12. The molecular formula is C22H21N5O2S. The van der Waals surface area contributed by atoms with Gasteiger partial charge in [0.15, 0.2) is 5.13 Å². The van der Waals surface area contributed by atoms with E-state index in [-0.39, 0.29) is 5.91 Å². The van der Waals surface area contributed by atoms with E-state index in [4.69, 9.17) is 9.72 Å². The van der Waals surface area contributed by atoms with E-state index in [1.807, 2.05) is 48.5 Å². The highest BCUT2D eigenvalue weighted by molar-refractivity contribution is 7.22. The Balaban J connectivity index is 1.47. The number of para-hydroxylation sites is 3. The molecular weight excluding hydrogens is 398 g/mol. The van der Waals surface area contributed by atoms with E-state index in [2.05, 4.69) is 14.9 Å². The fourth-order valence-electron chi connectivity index (χ4n) is 3.52. The number of benzene rings is 2. The van der Waals surface area contributed by atoms with E-state index < -0.39 is 0 Å². The Morgan fingerprint density at radius 2 is 1.73 bits per heavy atom. The predicted octanol–water partition coefficient (Wildman–Crippen LogP) is 3.22. The zero-order valence-electron chi connectivity index (χ0n) is 16.4. The SMILES string of the molecule is O=C(c1cnc2ccccc2n1)N(CCN1CCOCC1)c1nc2ccccc2s1. The summed E-state index contributed by atoms with van der Waals surface area (Å²) in [4.78, 5) is 31.2. The fraction of sp³-hybridized carbons (Fsp3) is 0.273. The van der Waals surface area contributed by atoms with Gasteiger partial charge in [0.2, 0.25) is 0 Å². The largest absolute Gasteiger partial charge is 0.379 e. The number of ether oxygens (including phenoxy) is 1. The van der Waals surface area contributed by atoms with E-state index in [0.29, 0.717) is 22.9 Å². The van der Waals surface area contributed by atoms with Gasteiger partial charge in [-0.1, -0.05) is 35.6 Å². The number of hydrogen-bond donors (Lipinski definition) is 0. The van der Waals surface area contributed by atoms with Crippen molar-refractivity contribution in [3.05, 3.63) is 60.4 Å². The van der Waals surface area contributed by atoms with Crippen molar-refractivity contribution < 1.29 is 9.53 Å². The van der Waals surface area contributed by atoms with E-state index in [1.54, 1.807) is 11.1 Å².